The Hall–Kier alpha value is -1.63. The van der Waals surface area contributed by atoms with Gasteiger partial charge in [0.15, 0.2) is 0 Å². The van der Waals surface area contributed by atoms with Crippen LogP contribution in [-0.4, -0.2) is 41.8 Å². The molecule has 2 aliphatic heterocycles. The SMILES string of the molecule is CCCC(=O)O.O=C1NC(=O)C2(CCOCC2)N1. The summed E-state index contributed by atoms with van der Waals surface area (Å²) in [6.07, 6.45) is 2.17. The molecule has 18 heavy (non-hydrogen) atoms. The smallest absolute Gasteiger partial charge is 0.322 e. The molecule has 0 saturated carbocycles. The summed E-state index contributed by atoms with van der Waals surface area (Å²) >= 11 is 0. The standard InChI is InChI=1S/C7H10N2O3.C4H8O2/c10-5-7(9-6(11)8-5)1-3-12-4-2-7;1-2-3-4(5)6/h1-4H2,(H2,8,9,10,11);2-3H2,1H3,(H,5,6). The minimum atomic E-state index is -0.711. The zero-order valence-corrected chi connectivity index (χ0v) is 10.3. The van der Waals surface area contributed by atoms with Crippen molar-refractivity contribution in [3.05, 3.63) is 0 Å². The summed E-state index contributed by atoms with van der Waals surface area (Å²) in [4.78, 5) is 31.8. The third kappa shape index (κ3) is 3.69. The second-order valence-corrected chi connectivity index (χ2v) is 4.25. The molecule has 0 atom stereocenters. The lowest BCUT2D eigenvalue weighted by Crippen LogP contribution is -2.50. The molecule has 0 aromatic heterocycles. The molecule has 2 aliphatic rings. The lowest BCUT2D eigenvalue weighted by molar-refractivity contribution is -0.137. The first-order valence-corrected chi connectivity index (χ1v) is 5.93. The molecule has 2 saturated heterocycles. The van der Waals surface area contributed by atoms with E-state index in [1.807, 2.05) is 6.92 Å². The Morgan fingerprint density at radius 1 is 1.39 bits per heavy atom. The summed E-state index contributed by atoms with van der Waals surface area (Å²) in [7, 11) is 0. The minimum Gasteiger partial charge on any atom is -0.481 e. The number of imide groups is 1. The van der Waals surface area contributed by atoms with Gasteiger partial charge in [0, 0.05) is 32.5 Å². The van der Waals surface area contributed by atoms with Crippen molar-refractivity contribution in [3.8, 4) is 0 Å². The number of carbonyl (C=O) groups excluding carboxylic acids is 2. The lowest BCUT2D eigenvalue weighted by Gasteiger charge is -2.29. The van der Waals surface area contributed by atoms with Crippen LogP contribution >= 0.6 is 0 Å². The number of hydrogen-bond donors (Lipinski definition) is 3. The second-order valence-electron chi connectivity index (χ2n) is 4.25. The molecule has 2 fully saturated rings. The third-order valence-electron chi connectivity index (χ3n) is 2.82. The van der Waals surface area contributed by atoms with Crippen LogP contribution in [0.25, 0.3) is 0 Å². The van der Waals surface area contributed by atoms with E-state index in [9.17, 15) is 14.4 Å². The van der Waals surface area contributed by atoms with E-state index in [4.69, 9.17) is 9.84 Å². The van der Waals surface area contributed by atoms with Gasteiger partial charge in [-0.2, -0.15) is 0 Å². The van der Waals surface area contributed by atoms with Gasteiger partial charge in [-0.25, -0.2) is 4.79 Å². The molecule has 2 rings (SSSR count). The van der Waals surface area contributed by atoms with Crippen molar-refractivity contribution in [2.45, 2.75) is 38.1 Å². The molecule has 0 radical (unpaired) electrons. The fourth-order valence-corrected chi connectivity index (χ4v) is 1.81. The monoisotopic (exact) mass is 258 g/mol. The van der Waals surface area contributed by atoms with E-state index >= 15 is 0 Å². The normalized spacial score (nSPS) is 20.7. The van der Waals surface area contributed by atoms with Crippen molar-refractivity contribution in [2.75, 3.05) is 13.2 Å². The number of amides is 3. The number of rotatable bonds is 2. The van der Waals surface area contributed by atoms with Gasteiger partial charge in [0.25, 0.3) is 5.91 Å². The van der Waals surface area contributed by atoms with Crippen LogP contribution in [0.3, 0.4) is 0 Å². The maximum Gasteiger partial charge on any atom is 0.322 e. The number of carbonyl (C=O) groups is 3. The van der Waals surface area contributed by atoms with Gasteiger partial charge in [0.1, 0.15) is 5.54 Å². The fourth-order valence-electron chi connectivity index (χ4n) is 1.81. The molecule has 0 unspecified atom stereocenters. The van der Waals surface area contributed by atoms with Crippen LogP contribution in [0.15, 0.2) is 0 Å². The molecule has 0 aliphatic carbocycles. The molecule has 7 nitrogen and oxygen atoms in total. The van der Waals surface area contributed by atoms with Gasteiger partial charge in [-0.05, 0) is 6.42 Å². The van der Waals surface area contributed by atoms with Crippen molar-refractivity contribution < 1.29 is 24.2 Å². The molecule has 102 valence electrons. The molecule has 1 spiro atoms. The lowest BCUT2D eigenvalue weighted by atomic mass is 9.91. The topological polar surface area (TPSA) is 105 Å². The number of carboxylic acid groups (broad SMARTS) is 1. The number of carboxylic acids is 1. The first-order chi connectivity index (χ1) is 8.50. The van der Waals surface area contributed by atoms with Gasteiger partial charge < -0.3 is 15.2 Å². The molecule has 0 aromatic rings. The van der Waals surface area contributed by atoms with E-state index in [0.717, 1.165) is 6.42 Å². The summed E-state index contributed by atoms with van der Waals surface area (Å²) in [5.74, 6) is -0.923. The van der Waals surface area contributed by atoms with Crippen LogP contribution in [0.5, 0.6) is 0 Å². The first-order valence-electron chi connectivity index (χ1n) is 5.93. The van der Waals surface area contributed by atoms with Gasteiger partial charge in [0.05, 0.1) is 0 Å². The van der Waals surface area contributed by atoms with Crippen molar-refractivity contribution in [3.63, 3.8) is 0 Å². The minimum absolute atomic E-state index is 0.212. The van der Waals surface area contributed by atoms with Gasteiger partial charge in [-0.15, -0.1) is 0 Å². The summed E-state index contributed by atoms with van der Waals surface area (Å²) in [6, 6.07) is -0.387. The average molecular weight is 258 g/mol. The highest BCUT2D eigenvalue weighted by atomic mass is 16.5. The van der Waals surface area contributed by atoms with Crippen LogP contribution in [-0.2, 0) is 14.3 Å². The summed E-state index contributed by atoms with van der Waals surface area (Å²) in [6.45, 7) is 2.91. The molecular weight excluding hydrogens is 240 g/mol. The number of urea groups is 1. The highest BCUT2D eigenvalue weighted by Crippen LogP contribution is 2.23. The average Bonchev–Trinajstić information content (AvgIpc) is 2.55. The van der Waals surface area contributed by atoms with Crippen LogP contribution in [0.2, 0.25) is 0 Å². The Labute approximate surface area is 105 Å². The number of aliphatic carboxylic acids is 1. The predicted octanol–water partition coefficient (Wildman–Crippen LogP) is 0.246. The van der Waals surface area contributed by atoms with Crippen molar-refractivity contribution in [1.82, 2.24) is 10.6 Å². The molecule has 7 heteroatoms. The van der Waals surface area contributed by atoms with Crippen molar-refractivity contribution in [1.29, 1.82) is 0 Å². The maximum atomic E-state index is 11.3. The molecule has 3 amide bonds. The molecule has 2 heterocycles. The van der Waals surface area contributed by atoms with Gasteiger partial charge >= 0.3 is 12.0 Å². The largest absolute Gasteiger partial charge is 0.481 e. The van der Waals surface area contributed by atoms with E-state index in [1.54, 1.807) is 0 Å². The van der Waals surface area contributed by atoms with Crippen LogP contribution < -0.4 is 10.6 Å². The van der Waals surface area contributed by atoms with E-state index in [0.29, 0.717) is 32.5 Å². The van der Waals surface area contributed by atoms with Gasteiger partial charge in [-0.1, -0.05) is 6.92 Å². The maximum absolute atomic E-state index is 11.3. The van der Waals surface area contributed by atoms with E-state index in [2.05, 4.69) is 10.6 Å². The summed E-state index contributed by atoms with van der Waals surface area (Å²) in [5.41, 5.74) is -0.671. The predicted molar refractivity (Wildman–Crippen MR) is 62.0 cm³/mol. The molecule has 3 N–H and O–H groups in total. The number of nitrogens with one attached hydrogen (secondary N) is 2. The zero-order valence-electron chi connectivity index (χ0n) is 10.3. The van der Waals surface area contributed by atoms with E-state index in [1.165, 1.54) is 0 Å². The van der Waals surface area contributed by atoms with Gasteiger partial charge in [0.2, 0.25) is 0 Å². The molecular formula is C11H18N2O5. The van der Waals surface area contributed by atoms with E-state index in [-0.39, 0.29) is 11.9 Å². The van der Waals surface area contributed by atoms with Gasteiger partial charge in [-0.3, -0.25) is 14.9 Å². The highest BCUT2D eigenvalue weighted by Gasteiger charge is 2.46. The third-order valence-corrected chi connectivity index (χ3v) is 2.82. The summed E-state index contributed by atoms with van der Waals surface area (Å²) < 4.78 is 5.11. The Morgan fingerprint density at radius 3 is 2.33 bits per heavy atom. The first kappa shape index (κ1) is 14.4. The van der Waals surface area contributed by atoms with Crippen LogP contribution in [0.4, 0.5) is 4.79 Å². The quantitative estimate of drug-likeness (QED) is 0.616. The Kier molecular flexibility index (Phi) is 5.08. The van der Waals surface area contributed by atoms with Crippen LogP contribution in [0, 0.1) is 0 Å². The summed E-state index contributed by atoms with van der Waals surface area (Å²) in [5, 5.41) is 12.8. The fraction of sp³-hybridized carbons (Fsp3) is 0.727. The Morgan fingerprint density at radius 2 is 2.00 bits per heavy atom. The second kappa shape index (κ2) is 6.34. The Bertz CT molecular complexity index is 336. The highest BCUT2D eigenvalue weighted by molar-refractivity contribution is 6.07. The van der Waals surface area contributed by atoms with E-state index < -0.39 is 11.5 Å². The zero-order chi connectivity index (χ0) is 13.6. The number of ether oxygens (including phenoxy) is 1. The Balaban J connectivity index is 0.000000232. The molecule has 0 bridgehead atoms. The molecule has 0 aromatic carbocycles. The van der Waals surface area contributed by atoms with Crippen molar-refractivity contribution >= 4 is 17.9 Å². The van der Waals surface area contributed by atoms with Crippen LogP contribution in [0.1, 0.15) is 32.6 Å². The van der Waals surface area contributed by atoms with Crippen molar-refractivity contribution in [2.24, 2.45) is 0 Å². The number of hydrogen-bond acceptors (Lipinski definition) is 4.